The summed E-state index contributed by atoms with van der Waals surface area (Å²) < 4.78 is 26.7. The Morgan fingerprint density at radius 1 is 0.750 bits per heavy atom. The molecule has 4 rings (SSSR count). The van der Waals surface area contributed by atoms with Gasteiger partial charge in [0.1, 0.15) is 6.29 Å². The van der Waals surface area contributed by atoms with E-state index in [0.29, 0.717) is 5.56 Å². The highest BCUT2D eigenvalue weighted by atomic mass is 19.2. The third kappa shape index (κ3) is 3.76. The Balaban J connectivity index is 1.49. The molecular weight excluding hydrogens is 354 g/mol. The highest BCUT2D eigenvalue weighted by molar-refractivity contribution is 5.71. The fourth-order valence-corrected chi connectivity index (χ4v) is 5.38. The normalized spacial score (nSPS) is 26.1. The predicted octanol–water partition coefficient (Wildman–Crippen LogP) is 6.84. The Labute approximate surface area is 166 Å². The summed E-state index contributed by atoms with van der Waals surface area (Å²) >= 11 is 0. The minimum atomic E-state index is -0.841. The van der Waals surface area contributed by atoms with Crippen molar-refractivity contribution in [3.05, 3.63) is 59.7 Å². The van der Waals surface area contributed by atoms with Gasteiger partial charge in [-0.25, -0.2) is 8.78 Å². The standard InChI is InChI=1S/C25H28F2O/c26-23-11-8-21(16-24(23)27)19-6-9-22(10-7-19)25(17-28)14-12-20(13-15-25)18-4-2-1-3-5-18/h6-11,16-18,20H,1-5,12-15H2. The number of hydrogen-bond acceptors (Lipinski definition) is 1. The van der Waals surface area contributed by atoms with E-state index in [-0.39, 0.29) is 0 Å². The van der Waals surface area contributed by atoms with Crippen LogP contribution in [0.25, 0.3) is 11.1 Å². The lowest BCUT2D eigenvalue weighted by atomic mass is 9.63. The van der Waals surface area contributed by atoms with Crippen LogP contribution in [0.3, 0.4) is 0 Å². The van der Waals surface area contributed by atoms with Crippen molar-refractivity contribution in [1.82, 2.24) is 0 Å². The summed E-state index contributed by atoms with van der Waals surface area (Å²) in [4.78, 5) is 12.1. The maximum Gasteiger partial charge on any atom is 0.159 e. The number of aldehydes is 1. The monoisotopic (exact) mass is 382 g/mol. The lowest BCUT2D eigenvalue weighted by molar-refractivity contribution is -0.114. The Hall–Kier alpha value is -2.03. The molecule has 148 valence electrons. The summed E-state index contributed by atoms with van der Waals surface area (Å²) in [5.41, 5.74) is 2.14. The number of hydrogen-bond donors (Lipinski definition) is 0. The van der Waals surface area contributed by atoms with Gasteiger partial charge in [-0.2, -0.15) is 0 Å². The van der Waals surface area contributed by atoms with Gasteiger partial charge in [0, 0.05) is 0 Å². The molecule has 0 aliphatic heterocycles. The summed E-state index contributed by atoms with van der Waals surface area (Å²) in [6, 6.07) is 11.8. The fraction of sp³-hybridized carbons (Fsp3) is 0.480. The SMILES string of the molecule is O=CC1(c2ccc(-c3ccc(F)c(F)c3)cc2)CCC(C2CCCCC2)CC1. The van der Waals surface area contributed by atoms with E-state index in [0.717, 1.165) is 61.0 Å². The summed E-state index contributed by atoms with van der Waals surface area (Å²) in [6.45, 7) is 0. The first kappa shape index (κ1) is 19.3. The van der Waals surface area contributed by atoms with Crippen molar-refractivity contribution in [3.8, 4) is 11.1 Å². The van der Waals surface area contributed by atoms with E-state index in [9.17, 15) is 13.6 Å². The molecule has 0 radical (unpaired) electrons. The van der Waals surface area contributed by atoms with Crippen molar-refractivity contribution in [2.45, 2.75) is 63.2 Å². The number of benzene rings is 2. The van der Waals surface area contributed by atoms with E-state index in [1.54, 1.807) is 6.07 Å². The van der Waals surface area contributed by atoms with Crippen LogP contribution in [-0.4, -0.2) is 6.29 Å². The van der Waals surface area contributed by atoms with E-state index < -0.39 is 17.0 Å². The molecule has 2 saturated carbocycles. The fourth-order valence-electron chi connectivity index (χ4n) is 5.38. The second-order valence-corrected chi connectivity index (χ2v) is 8.72. The Morgan fingerprint density at radius 2 is 1.36 bits per heavy atom. The zero-order valence-electron chi connectivity index (χ0n) is 16.3. The molecule has 0 bridgehead atoms. The Kier molecular flexibility index (Phi) is 5.61. The Morgan fingerprint density at radius 3 is 1.96 bits per heavy atom. The molecular formula is C25H28F2O. The van der Waals surface area contributed by atoms with Crippen molar-refractivity contribution in [3.63, 3.8) is 0 Å². The zero-order chi connectivity index (χ0) is 19.6. The average molecular weight is 382 g/mol. The third-order valence-corrected chi connectivity index (χ3v) is 7.18. The van der Waals surface area contributed by atoms with E-state index >= 15 is 0 Å². The summed E-state index contributed by atoms with van der Waals surface area (Å²) in [7, 11) is 0. The van der Waals surface area contributed by atoms with Gasteiger partial charge in [-0.15, -0.1) is 0 Å². The van der Waals surface area contributed by atoms with Gasteiger partial charge in [0.15, 0.2) is 11.6 Å². The van der Waals surface area contributed by atoms with Crippen LogP contribution in [0.5, 0.6) is 0 Å². The molecule has 28 heavy (non-hydrogen) atoms. The third-order valence-electron chi connectivity index (χ3n) is 7.18. The van der Waals surface area contributed by atoms with Gasteiger partial charge in [-0.1, -0.05) is 62.4 Å². The molecule has 0 spiro atoms. The lowest BCUT2D eigenvalue weighted by Crippen LogP contribution is -2.35. The molecule has 0 N–H and O–H groups in total. The molecule has 3 heteroatoms. The molecule has 0 atom stereocenters. The molecule has 0 saturated heterocycles. The first-order valence-corrected chi connectivity index (χ1v) is 10.6. The highest BCUT2D eigenvalue weighted by Crippen LogP contribution is 2.45. The van der Waals surface area contributed by atoms with Gasteiger partial charge in [-0.05, 0) is 66.3 Å². The van der Waals surface area contributed by atoms with E-state index in [2.05, 4.69) is 0 Å². The number of halogens is 2. The van der Waals surface area contributed by atoms with Gasteiger partial charge >= 0.3 is 0 Å². The van der Waals surface area contributed by atoms with Crippen molar-refractivity contribution >= 4 is 6.29 Å². The predicted molar refractivity (Wildman–Crippen MR) is 108 cm³/mol. The van der Waals surface area contributed by atoms with E-state index in [1.165, 1.54) is 38.2 Å². The molecule has 0 heterocycles. The minimum Gasteiger partial charge on any atom is -0.302 e. The van der Waals surface area contributed by atoms with Crippen molar-refractivity contribution in [2.24, 2.45) is 11.8 Å². The second kappa shape index (κ2) is 8.14. The van der Waals surface area contributed by atoms with Gasteiger partial charge < -0.3 is 4.79 Å². The van der Waals surface area contributed by atoms with E-state index in [1.807, 2.05) is 24.3 Å². The molecule has 2 aliphatic rings. The quantitative estimate of drug-likeness (QED) is 0.529. The van der Waals surface area contributed by atoms with E-state index in [4.69, 9.17) is 0 Å². The van der Waals surface area contributed by atoms with Crippen molar-refractivity contribution in [1.29, 1.82) is 0 Å². The van der Waals surface area contributed by atoms with Crippen LogP contribution in [-0.2, 0) is 10.2 Å². The maximum absolute atomic E-state index is 13.5. The summed E-state index contributed by atoms with van der Waals surface area (Å²) in [5, 5.41) is 0. The van der Waals surface area contributed by atoms with Crippen LogP contribution in [0.1, 0.15) is 63.4 Å². The van der Waals surface area contributed by atoms with Crippen LogP contribution < -0.4 is 0 Å². The van der Waals surface area contributed by atoms with Gasteiger partial charge in [-0.3, -0.25) is 0 Å². The number of rotatable bonds is 4. The molecule has 2 aliphatic carbocycles. The summed E-state index contributed by atoms with van der Waals surface area (Å²) in [6.07, 6.45) is 12.1. The molecule has 0 unspecified atom stereocenters. The molecule has 2 fully saturated rings. The van der Waals surface area contributed by atoms with Gasteiger partial charge in [0.05, 0.1) is 5.41 Å². The van der Waals surface area contributed by atoms with Crippen LogP contribution in [0.15, 0.2) is 42.5 Å². The first-order valence-electron chi connectivity index (χ1n) is 10.6. The smallest absolute Gasteiger partial charge is 0.159 e. The van der Waals surface area contributed by atoms with Crippen LogP contribution in [0.2, 0.25) is 0 Å². The molecule has 0 aromatic heterocycles. The molecule has 1 nitrogen and oxygen atoms in total. The Bertz CT molecular complexity index is 813. The lowest BCUT2D eigenvalue weighted by Gasteiger charge is -2.40. The number of carbonyl (C=O) groups excluding carboxylic acids is 1. The summed E-state index contributed by atoms with van der Waals surface area (Å²) in [5.74, 6) is -0.0500. The molecule has 2 aromatic carbocycles. The highest BCUT2D eigenvalue weighted by Gasteiger charge is 2.39. The topological polar surface area (TPSA) is 17.1 Å². The van der Waals surface area contributed by atoms with Crippen LogP contribution in [0.4, 0.5) is 8.78 Å². The van der Waals surface area contributed by atoms with Crippen LogP contribution in [0, 0.1) is 23.5 Å². The largest absolute Gasteiger partial charge is 0.302 e. The average Bonchev–Trinajstić information content (AvgIpc) is 2.76. The van der Waals surface area contributed by atoms with Crippen molar-refractivity contribution < 1.29 is 13.6 Å². The zero-order valence-corrected chi connectivity index (χ0v) is 16.3. The van der Waals surface area contributed by atoms with Gasteiger partial charge in [0.2, 0.25) is 0 Å². The second-order valence-electron chi connectivity index (χ2n) is 8.72. The molecule has 0 amide bonds. The first-order chi connectivity index (χ1) is 13.6. The molecule has 2 aromatic rings. The minimum absolute atomic E-state index is 0.391. The van der Waals surface area contributed by atoms with Gasteiger partial charge in [0.25, 0.3) is 0 Å². The maximum atomic E-state index is 13.5. The number of carbonyl (C=O) groups is 1. The van der Waals surface area contributed by atoms with Crippen LogP contribution >= 0.6 is 0 Å². The van der Waals surface area contributed by atoms with Crippen molar-refractivity contribution in [2.75, 3.05) is 0 Å².